The number of aryl methyl sites for hydroxylation is 1. The smallest absolute Gasteiger partial charge is 0.124 e. The van der Waals surface area contributed by atoms with Gasteiger partial charge in [0.05, 0.1) is 23.5 Å². The molecule has 0 saturated heterocycles. The first-order chi connectivity index (χ1) is 8.86. The minimum absolute atomic E-state index is 0.371. The summed E-state index contributed by atoms with van der Waals surface area (Å²) in [5, 5.41) is 12.2. The third-order valence-electron chi connectivity index (χ3n) is 2.96. The lowest BCUT2D eigenvalue weighted by Gasteiger charge is -2.07. The second-order valence-corrected chi connectivity index (χ2v) is 4.21. The molecule has 0 aliphatic carbocycles. The van der Waals surface area contributed by atoms with Crippen LogP contribution in [0.5, 0.6) is 0 Å². The van der Waals surface area contributed by atoms with Gasteiger partial charge in [0.15, 0.2) is 0 Å². The first-order valence-corrected chi connectivity index (χ1v) is 6.38. The lowest BCUT2D eigenvalue weighted by atomic mass is 10.3. The molecule has 0 fully saturated rings. The fourth-order valence-corrected chi connectivity index (χ4v) is 2.12. The topological polar surface area (TPSA) is 53.6 Å². The highest BCUT2D eigenvalue weighted by Gasteiger charge is 2.09. The fraction of sp³-hybridized carbons (Fsp3) is 0.429. The molecule has 4 heteroatoms. The number of para-hydroxylation sites is 2. The second-order valence-electron chi connectivity index (χ2n) is 4.21. The van der Waals surface area contributed by atoms with Crippen molar-refractivity contribution in [3.8, 4) is 6.07 Å². The van der Waals surface area contributed by atoms with E-state index in [0.717, 1.165) is 42.9 Å². The normalized spacial score (nSPS) is 10.7. The highest BCUT2D eigenvalue weighted by Crippen LogP contribution is 2.16. The van der Waals surface area contributed by atoms with E-state index in [0.29, 0.717) is 6.42 Å². The standard InChI is InChI=1S/C14H18N4/c1-2-16-10-5-11-18-13-7-4-3-6-12(13)17-14(18)8-9-15/h3-4,6-7,16H,2,5,8,10-11H2,1H3. The predicted molar refractivity (Wildman–Crippen MR) is 72.2 cm³/mol. The fourth-order valence-electron chi connectivity index (χ4n) is 2.12. The third kappa shape index (κ3) is 2.69. The van der Waals surface area contributed by atoms with Crippen molar-refractivity contribution in [2.45, 2.75) is 26.3 Å². The van der Waals surface area contributed by atoms with Gasteiger partial charge < -0.3 is 9.88 Å². The lowest BCUT2D eigenvalue weighted by Crippen LogP contribution is -2.16. The molecule has 18 heavy (non-hydrogen) atoms. The molecule has 0 radical (unpaired) electrons. The molecular formula is C14H18N4. The van der Waals surface area contributed by atoms with Crippen LogP contribution in [0, 0.1) is 11.3 Å². The Kier molecular flexibility index (Phi) is 4.32. The Hall–Kier alpha value is -1.86. The number of hydrogen-bond acceptors (Lipinski definition) is 3. The Morgan fingerprint density at radius 1 is 1.39 bits per heavy atom. The molecule has 0 unspecified atom stereocenters. The summed E-state index contributed by atoms with van der Waals surface area (Å²) < 4.78 is 2.16. The summed E-state index contributed by atoms with van der Waals surface area (Å²) in [6, 6.07) is 10.2. The number of fused-ring (bicyclic) bond motifs is 1. The van der Waals surface area contributed by atoms with Crippen molar-refractivity contribution in [1.29, 1.82) is 5.26 Å². The predicted octanol–water partition coefficient (Wildman–Crippen LogP) is 2.10. The third-order valence-corrected chi connectivity index (χ3v) is 2.96. The first-order valence-electron chi connectivity index (χ1n) is 6.38. The Labute approximate surface area is 107 Å². The minimum Gasteiger partial charge on any atom is -0.327 e. The van der Waals surface area contributed by atoms with Gasteiger partial charge in [0.25, 0.3) is 0 Å². The molecule has 1 aromatic carbocycles. The molecule has 1 heterocycles. The van der Waals surface area contributed by atoms with Crippen molar-refractivity contribution >= 4 is 11.0 Å². The summed E-state index contributed by atoms with van der Waals surface area (Å²) >= 11 is 0. The molecule has 4 nitrogen and oxygen atoms in total. The van der Waals surface area contributed by atoms with Crippen LogP contribution in [0.25, 0.3) is 11.0 Å². The maximum absolute atomic E-state index is 8.86. The minimum atomic E-state index is 0.371. The largest absolute Gasteiger partial charge is 0.327 e. The van der Waals surface area contributed by atoms with Crippen molar-refractivity contribution in [3.63, 3.8) is 0 Å². The molecule has 0 bridgehead atoms. The number of imidazole rings is 1. The van der Waals surface area contributed by atoms with E-state index in [9.17, 15) is 0 Å². The number of nitrogens with zero attached hydrogens (tertiary/aromatic N) is 3. The van der Waals surface area contributed by atoms with Gasteiger partial charge in [0, 0.05) is 6.54 Å². The summed E-state index contributed by atoms with van der Waals surface area (Å²) in [5.41, 5.74) is 2.10. The van der Waals surface area contributed by atoms with E-state index in [2.05, 4.69) is 33.9 Å². The Morgan fingerprint density at radius 2 is 2.22 bits per heavy atom. The first kappa shape index (κ1) is 12.6. The average Bonchev–Trinajstić information content (AvgIpc) is 2.73. The summed E-state index contributed by atoms with van der Waals surface area (Å²) in [5.74, 6) is 0.871. The number of rotatable bonds is 6. The van der Waals surface area contributed by atoms with Gasteiger partial charge in [-0.05, 0) is 31.6 Å². The van der Waals surface area contributed by atoms with Crippen LogP contribution >= 0.6 is 0 Å². The van der Waals surface area contributed by atoms with E-state index in [-0.39, 0.29) is 0 Å². The number of hydrogen-bond donors (Lipinski definition) is 1. The second kappa shape index (κ2) is 6.18. The highest BCUT2D eigenvalue weighted by atomic mass is 15.1. The molecule has 0 amide bonds. The monoisotopic (exact) mass is 242 g/mol. The Balaban J connectivity index is 2.22. The zero-order valence-electron chi connectivity index (χ0n) is 10.7. The average molecular weight is 242 g/mol. The van der Waals surface area contributed by atoms with Crippen LogP contribution in [0.3, 0.4) is 0 Å². The van der Waals surface area contributed by atoms with Gasteiger partial charge in [-0.25, -0.2) is 4.98 Å². The molecule has 0 aliphatic heterocycles. The number of nitriles is 1. The highest BCUT2D eigenvalue weighted by molar-refractivity contribution is 5.75. The molecule has 0 aliphatic rings. The van der Waals surface area contributed by atoms with Crippen LogP contribution in [-0.2, 0) is 13.0 Å². The van der Waals surface area contributed by atoms with E-state index in [1.54, 1.807) is 0 Å². The zero-order valence-corrected chi connectivity index (χ0v) is 10.7. The van der Waals surface area contributed by atoms with Crippen molar-refractivity contribution in [3.05, 3.63) is 30.1 Å². The van der Waals surface area contributed by atoms with Gasteiger partial charge in [0.2, 0.25) is 0 Å². The summed E-state index contributed by atoms with van der Waals surface area (Å²) in [7, 11) is 0. The van der Waals surface area contributed by atoms with Gasteiger partial charge in [-0.3, -0.25) is 0 Å². The van der Waals surface area contributed by atoms with Gasteiger partial charge in [-0.15, -0.1) is 0 Å². The summed E-state index contributed by atoms with van der Waals surface area (Å²) in [6.07, 6.45) is 1.42. The maximum Gasteiger partial charge on any atom is 0.124 e. The van der Waals surface area contributed by atoms with Crippen molar-refractivity contribution in [2.24, 2.45) is 0 Å². The Bertz CT molecular complexity index is 550. The number of aromatic nitrogens is 2. The SMILES string of the molecule is CCNCCCn1c(CC#N)nc2ccccc21. The van der Waals surface area contributed by atoms with E-state index < -0.39 is 0 Å². The number of nitrogens with one attached hydrogen (secondary N) is 1. The van der Waals surface area contributed by atoms with E-state index in [1.807, 2.05) is 18.2 Å². The van der Waals surface area contributed by atoms with Crippen molar-refractivity contribution in [2.75, 3.05) is 13.1 Å². The van der Waals surface area contributed by atoms with E-state index in [4.69, 9.17) is 5.26 Å². The lowest BCUT2D eigenvalue weighted by molar-refractivity contribution is 0.589. The van der Waals surface area contributed by atoms with Gasteiger partial charge in [-0.1, -0.05) is 19.1 Å². The Morgan fingerprint density at radius 3 is 3.00 bits per heavy atom. The van der Waals surface area contributed by atoms with Crippen LogP contribution in [-0.4, -0.2) is 22.6 Å². The van der Waals surface area contributed by atoms with E-state index >= 15 is 0 Å². The molecule has 0 spiro atoms. The maximum atomic E-state index is 8.86. The summed E-state index contributed by atoms with van der Waals surface area (Å²) in [4.78, 5) is 4.52. The molecule has 1 aromatic heterocycles. The quantitative estimate of drug-likeness (QED) is 0.789. The molecule has 1 N–H and O–H groups in total. The number of benzene rings is 1. The summed E-state index contributed by atoms with van der Waals surface area (Å²) in [6.45, 7) is 5.00. The van der Waals surface area contributed by atoms with Gasteiger partial charge in [0.1, 0.15) is 5.82 Å². The van der Waals surface area contributed by atoms with Gasteiger partial charge >= 0.3 is 0 Å². The zero-order chi connectivity index (χ0) is 12.8. The van der Waals surface area contributed by atoms with Crippen LogP contribution in [0.15, 0.2) is 24.3 Å². The van der Waals surface area contributed by atoms with E-state index in [1.165, 1.54) is 0 Å². The molecule has 0 saturated carbocycles. The van der Waals surface area contributed by atoms with Crippen molar-refractivity contribution in [1.82, 2.24) is 14.9 Å². The van der Waals surface area contributed by atoms with Crippen LogP contribution in [0.1, 0.15) is 19.2 Å². The molecule has 0 atom stereocenters. The van der Waals surface area contributed by atoms with Crippen LogP contribution in [0.4, 0.5) is 0 Å². The van der Waals surface area contributed by atoms with Gasteiger partial charge in [-0.2, -0.15) is 5.26 Å². The molecule has 2 aromatic rings. The molecular weight excluding hydrogens is 224 g/mol. The molecule has 94 valence electrons. The van der Waals surface area contributed by atoms with Crippen molar-refractivity contribution < 1.29 is 0 Å². The van der Waals surface area contributed by atoms with Crippen LogP contribution < -0.4 is 5.32 Å². The van der Waals surface area contributed by atoms with Crippen LogP contribution in [0.2, 0.25) is 0 Å². The molecule has 2 rings (SSSR count).